The Balaban J connectivity index is 2.42. The van der Waals surface area contributed by atoms with Crippen LogP contribution in [0, 0.1) is 6.92 Å². The largest absolute Gasteiger partial charge is 0.496 e. The SMILES string of the molecule is COc1ccc(C)cc1C(N)c1cccc(CN)c1. The number of ether oxygens (including phenoxy) is 1. The smallest absolute Gasteiger partial charge is 0.123 e. The van der Waals surface area contributed by atoms with Crippen LogP contribution in [0.2, 0.25) is 0 Å². The fourth-order valence-corrected chi connectivity index (χ4v) is 2.19. The Bertz CT molecular complexity index is 566. The van der Waals surface area contributed by atoms with Crippen molar-refractivity contribution in [2.24, 2.45) is 11.5 Å². The van der Waals surface area contributed by atoms with Crippen molar-refractivity contribution in [1.29, 1.82) is 0 Å². The van der Waals surface area contributed by atoms with Crippen LogP contribution in [0.4, 0.5) is 0 Å². The molecule has 0 aliphatic carbocycles. The van der Waals surface area contributed by atoms with Crippen molar-refractivity contribution in [2.45, 2.75) is 19.5 Å². The minimum atomic E-state index is -0.207. The number of rotatable bonds is 4. The van der Waals surface area contributed by atoms with Crippen LogP contribution in [-0.4, -0.2) is 7.11 Å². The Morgan fingerprint density at radius 2 is 1.95 bits per heavy atom. The number of hydrogen-bond acceptors (Lipinski definition) is 3. The molecule has 2 aromatic rings. The topological polar surface area (TPSA) is 61.3 Å². The number of hydrogen-bond donors (Lipinski definition) is 2. The van der Waals surface area contributed by atoms with E-state index >= 15 is 0 Å². The van der Waals surface area contributed by atoms with E-state index in [1.165, 1.54) is 5.56 Å². The summed E-state index contributed by atoms with van der Waals surface area (Å²) in [6.45, 7) is 2.57. The summed E-state index contributed by atoms with van der Waals surface area (Å²) in [6.07, 6.45) is 0. The molecule has 0 bridgehead atoms. The van der Waals surface area contributed by atoms with Crippen LogP contribution in [0.3, 0.4) is 0 Å². The third kappa shape index (κ3) is 2.95. The van der Waals surface area contributed by atoms with E-state index in [0.717, 1.165) is 22.4 Å². The third-order valence-corrected chi connectivity index (χ3v) is 3.27. The maximum Gasteiger partial charge on any atom is 0.123 e. The second-order valence-corrected chi connectivity index (χ2v) is 4.67. The first-order valence-electron chi connectivity index (χ1n) is 6.34. The van der Waals surface area contributed by atoms with Crippen LogP contribution in [0.15, 0.2) is 42.5 Å². The summed E-state index contributed by atoms with van der Waals surface area (Å²) in [7, 11) is 1.66. The highest BCUT2D eigenvalue weighted by molar-refractivity contribution is 5.44. The normalized spacial score (nSPS) is 12.2. The Labute approximate surface area is 114 Å². The first-order chi connectivity index (χ1) is 9.15. The molecule has 0 saturated carbocycles. The van der Waals surface area contributed by atoms with Crippen LogP contribution in [0.5, 0.6) is 5.75 Å². The predicted octanol–water partition coefficient (Wildman–Crippen LogP) is 2.51. The summed E-state index contributed by atoms with van der Waals surface area (Å²) in [5.41, 5.74) is 16.3. The monoisotopic (exact) mass is 256 g/mol. The summed E-state index contributed by atoms with van der Waals surface area (Å²) in [5, 5.41) is 0. The van der Waals surface area contributed by atoms with Crippen molar-refractivity contribution < 1.29 is 4.74 Å². The van der Waals surface area contributed by atoms with Crippen LogP contribution in [0.1, 0.15) is 28.3 Å². The molecule has 4 N–H and O–H groups in total. The second kappa shape index (κ2) is 5.87. The maximum atomic E-state index is 6.36. The quantitative estimate of drug-likeness (QED) is 0.883. The van der Waals surface area contributed by atoms with E-state index in [9.17, 15) is 0 Å². The van der Waals surface area contributed by atoms with Gasteiger partial charge in [-0.25, -0.2) is 0 Å². The minimum absolute atomic E-state index is 0.207. The zero-order valence-corrected chi connectivity index (χ0v) is 11.4. The first kappa shape index (κ1) is 13.6. The molecule has 0 aliphatic rings. The summed E-state index contributed by atoms with van der Waals surface area (Å²) < 4.78 is 5.39. The fraction of sp³-hybridized carbons (Fsp3) is 0.250. The standard InChI is InChI=1S/C16H20N2O/c1-11-6-7-15(19-2)14(8-11)16(18)13-5-3-4-12(9-13)10-17/h3-9,16H,10,17-18H2,1-2H3. The van der Waals surface area contributed by atoms with Crippen LogP contribution >= 0.6 is 0 Å². The van der Waals surface area contributed by atoms with Gasteiger partial charge in [0, 0.05) is 12.1 Å². The van der Waals surface area contributed by atoms with E-state index in [4.69, 9.17) is 16.2 Å². The van der Waals surface area contributed by atoms with Gasteiger partial charge in [0.2, 0.25) is 0 Å². The molecule has 0 amide bonds. The molecule has 2 rings (SSSR count). The van der Waals surface area contributed by atoms with E-state index in [1.54, 1.807) is 7.11 Å². The third-order valence-electron chi connectivity index (χ3n) is 3.27. The highest BCUT2D eigenvalue weighted by Gasteiger charge is 2.14. The molecule has 0 fully saturated rings. The lowest BCUT2D eigenvalue weighted by Gasteiger charge is -2.17. The van der Waals surface area contributed by atoms with Crippen molar-refractivity contribution in [1.82, 2.24) is 0 Å². The summed E-state index contributed by atoms with van der Waals surface area (Å²) in [5.74, 6) is 0.816. The van der Waals surface area contributed by atoms with E-state index in [0.29, 0.717) is 6.54 Å². The molecule has 3 heteroatoms. The average molecular weight is 256 g/mol. The van der Waals surface area contributed by atoms with Crippen molar-refractivity contribution >= 4 is 0 Å². The number of nitrogens with two attached hydrogens (primary N) is 2. The van der Waals surface area contributed by atoms with Crippen LogP contribution in [-0.2, 0) is 6.54 Å². The van der Waals surface area contributed by atoms with Crippen molar-refractivity contribution in [3.63, 3.8) is 0 Å². The molecule has 1 unspecified atom stereocenters. The molecule has 0 radical (unpaired) electrons. The van der Waals surface area contributed by atoms with Crippen molar-refractivity contribution in [3.05, 3.63) is 64.7 Å². The summed E-state index contributed by atoms with van der Waals surface area (Å²) in [6, 6.07) is 13.9. The molecule has 0 heterocycles. The molecule has 1 atom stereocenters. The van der Waals surface area contributed by atoms with Crippen LogP contribution in [0.25, 0.3) is 0 Å². The van der Waals surface area contributed by atoms with Gasteiger partial charge in [-0.05, 0) is 24.1 Å². The summed E-state index contributed by atoms with van der Waals surface area (Å²) in [4.78, 5) is 0. The molecule has 2 aromatic carbocycles. The van der Waals surface area contributed by atoms with Gasteiger partial charge in [0.25, 0.3) is 0 Å². The second-order valence-electron chi connectivity index (χ2n) is 4.67. The Morgan fingerprint density at radius 1 is 1.16 bits per heavy atom. The number of benzene rings is 2. The van der Waals surface area contributed by atoms with E-state index < -0.39 is 0 Å². The zero-order valence-electron chi connectivity index (χ0n) is 11.4. The number of methoxy groups -OCH3 is 1. The van der Waals surface area contributed by atoms with Gasteiger partial charge in [-0.3, -0.25) is 0 Å². The van der Waals surface area contributed by atoms with E-state index in [2.05, 4.69) is 6.07 Å². The molecule has 0 aromatic heterocycles. The first-order valence-corrected chi connectivity index (χ1v) is 6.34. The molecule has 19 heavy (non-hydrogen) atoms. The Morgan fingerprint density at radius 3 is 2.63 bits per heavy atom. The van der Waals surface area contributed by atoms with Gasteiger partial charge in [-0.1, -0.05) is 42.0 Å². The van der Waals surface area contributed by atoms with Gasteiger partial charge in [-0.15, -0.1) is 0 Å². The molecule has 0 aliphatic heterocycles. The summed E-state index contributed by atoms with van der Waals surface area (Å²) >= 11 is 0. The van der Waals surface area contributed by atoms with Gasteiger partial charge in [0.15, 0.2) is 0 Å². The average Bonchev–Trinajstić information content (AvgIpc) is 2.46. The van der Waals surface area contributed by atoms with Crippen molar-refractivity contribution in [2.75, 3.05) is 7.11 Å². The molecular weight excluding hydrogens is 236 g/mol. The molecule has 0 saturated heterocycles. The highest BCUT2D eigenvalue weighted by Crippen LogP contribution is 2.29. The van der Waals surface area contributed by atoms with Gasteiger partial charge >= 0.3 is 0 Å². The lowest BCUT2D eigenvalue weighted by Crippen LogP contribution is -2.14. The Kier molecular flexibility index (Phi) is 4.20. The van der Waals surface area contributed by atoms with E-state index in [1.807, 2.05) is 43.3 Å². The minimum Gasteiger partial charge on any atom is -0.496 e. The molecule has 100 valence electrons. The molecule has 3 nitrogen and oxygen atoms in total. The van der Waals surface area contributed by atoms with E-state index in [-0.39, 0.29) is 6.04 Å². The molecule has 0 spiro atoms. The van der Waals surface area contributed by atoms with Gasteiger partial charge < -0.3 is 16.2 Å². The lowest BCUT2D eigenvalue weighted by atomic mass is 9.96. The number of aryl methyl sites for hydroxylation is 1. The van der Waals surface area contributed by atoms with Gasteiger partial charge in [0.1, 0.15) is 5.75 Å². The maximum absolute atomic E-state index is 6.36. The van der Waals surface area contributed by atoms with Crippen LogP contribution < -0.4 is 16.2 Å². The van der Waals surface area contributed by atoms with Gasteiger partial charge in [0.05, 0.1) is 13.2 Å². The molecular formula is C16H20N2O. The highest BCUT2D eigenvalue weighted by atomic mass is 16.5. The lowest BCUT2D eigenvalue weighted by molar-refractivity contribution is 0.407. The van der Waals surface area contributed by atoms with Gasteiger partial charge in [-0.2, -0.15) is 0 Å². The fourth-order valence-electron chi connectivity index (χ4n) is 2.19. The Hall–Kier alpha value is -1.84. The predicted molar refractivity (Wildman–Crippen MR) is 78.1 cm³/mol. The zero-order chi connectivity index (χ0) is 13.8. The van der Waals surface area contributed by atoms with Crippen molar-refractivity contribution in [3.8, 4) is 5.75 Å².